The summed E-state index contributed by atoms with van der Waals surface area (Å²) in [7, 11) is 1.75. The van der Waals surface area contributed by atoms with Gasteiger partial charge in [-0.1, -0.05) is 0 Å². The molecule has 0 saturated carbocycles. The Kier molecular flexibility index (Phi) is 8.45. The number of aromatic amines is 1. The molecule has 12 nitrogen and oxygen atoms in total. The van der Waals surface area contributed by atoms with Crippen LogP contribution in [0.3, 0.4) is 0 Å². The van der Waals surface area contributed by atoms with Gasteiger partial charge >= 0.3 is 6.03 Å². The van der Waals surface area contributed by atoms with Crippen LogP contribution in [0.4, 0.5) is 30.8 Å². The van der Waals surface area contributed by atoms with Crippen molar-refractivity contribution in [3.63, 3.8) is 0 Å². The Hall–Kier alpha value is -5.11. The van der Waals surface area contributed by atoms with Crippen molar-refractivity contribution in [2.45, 2.75) is 32.9 Å². The molecule has 0 spiro atoms. The van der Waals surface area contributed by atoms with E-state index < -0.39 is 35.4 Å². The number of imide groups is 1. The van der Waals surface area contributed by atoms with Crippen molar-refractivity contribution in [3.05, 3.63) is 66.4 Å². The maximum atomic E-state index is 15.3. The monoisotopic (exact) mass is 607 g/mol. The number of nitrogens with zero attached hydrogens (tertiary/aromatic N) is 5. The third-order valence-electron chi connectivity index (χ3n) is 7.44. The van der Waals surface area contributed by atoms with Gasteiger partial charge in [0.1, 0.15) is 22.9 Å². The number of halogens is 2. The molecule has 2 atom stereocenters. The van der Waals surface area contributed by atoms with Gasteiger partial charge in [-0.3, -0.25) is 14.7 Å². The second-order valence-corrected chi connectivity index (χ2v) is 10.7. The highest BCUT2D eigenvalue weighted by atomic mass is 19.1. The number of fused-ring (bicyclic) bond motifs is 1. The highest BCUT2D eigenvalue weighted by Crippen LogP contribution is 2.36. The maximum absolute atomic E-state index is 15.3. The predicted octanol–water partition coefficient (Wildman–Crippen LogP) is 4.28. The number of anilines is 3. The van der Waals surface area contributed by atoms with E-state index in [1.54, 1.807) is 31.9 Å². The van der Waals surface area contributed by atoms with Crippen LogP contribution in [0.1, 0.15) is 20.8 Å². The molecule has 3 heterocycles. The van der Waals surface area contributed by atoms with Crippen molar-refractivity contribution in [1.82, 2.24) is 20.1 Å². The van der Waals surface area contributed by atoms with Gasteiger partial charge < -0.3 is 25.0 Å². The van der Waals surface area contributed by atoms with E-state index in [9.17, 15) is 23.9 Å². The summed E-state index contributed by atoms with van der Waals surface area (Å²) in [6, 6.07) is 8.91. The van der Waals surface area contributed by atoms with E-state index in [0.29, 0.717) is 16.9 Å². The van der Waals surface area contributed by atoms with Crippen LogP contribution in [-0.2, 0) is 9.59 Å². The zero-order valence-corrected chi connectivity index (χ0v) is 24.4. The largest absolute Gasteiger partial charge is 0.453 e. The van der Waals surface area contributed by atoms with E-state index >= 15 is 4.39 Å². The molecule has 4 aromatic rings. The van der Waals surface area contributed by atoms with Crippen LogP contribution in [0.2, 0.25) is 0 Å². The fraction of sp³-hybridized carbons (Fsp3) is 0.300. The molecule has 1 unspecified atom stereocenters. The number of pyridine rings is 1. The van der Waals surface area contributed by atoms with Crippen LogP contribution in [0.5, 0.6) is 11.5 Å². The predicted molar refractivity (Wildman–Crippen MR) is 159 cm³/mol. The number of H-pyrrole nitrogens is 1. The number of carbonyl (C=O) groups excluding carboxylic acids is 3. The summed E-state index contributed by atoms with van der Waals surface area (Å²) < 4.78 is 34.7. The number of ether oxygens (including phenoxy) is 1. The molecule has 1 saturated heterocycles. The molecule has 1 aliphatic heterocycles. The molecular weight excluding hydrogens is 576 g/mol. The number of aromatic nitrogens is 3. The van der Waals surface area contributed by atoms with Crippen LogP contribution in [-0.4, -0.2) is 75.3 Å². The smallest absolute Gasteiger partial charge is 0.331 e. The Labute approximate surface area is 251 Å². The molecule has 44 heavy (non-hydrogen) atoms. The topological polar surface area (TPSA) is 144 Å². The SMILES string of the molecule is CC(C)N1CC(C(=O)Nc2ccc(Oc3ccnc4[nH]nc(N(C)[C@H](C)CO)c34)c(F)c2)C(=O)N(c2ccc(F)cc2)C1=O. The van der Waals surface area contributed by atoms with Gasteiger partial charge in [-0.25, -0.2) is 23.5 Å². The lowest BCUT2D eigenvalue weighted by atomic mass is 10.0. The summed E-state index contributed by atoms with van der Waals surface area (Å²) in [5, 5.41) is 19.7. The number of amides is 4. The van der Waals surface area contributed by atoms with Crippen molar-refractivity contribution in [2.75, 3.05) is 35.3 Å². The Bertz CT molecular complexity index is 1710. The van der Waals surface area contributed by atoms with E-state index in [1.165, 1.54) is 35.4 Å². The number of aliphatic hydroxyl groups excluding tert-OH is 1. The van der Waals surface area contributed by atoms with Crippen LogP contribution in [0.25, 0.3) is 11.0 Å². The van der Waals surface area contributed by atoms with Gasteiger partial charge in [-0.15, -0.1) is 0 Å². The first-order valence-corrected chi connectivity index (χ1v) is 13.8. The Balaban J connectivity index is 1.37. The molecule has 0 aliphatic carbocycles. The normalized spacial score (nSPS) is 16.0. The van der Waals surface area contributed by atoms with Crippen LogP contribution in [0, 0.1) is 17.6 Å². The molecule has 2 aromatic heterocycles. The summed E-state index contributed by atoms with van der Waals surface area (Å²) in [6.07, 6.45) is 1.48. The lowest BCUT2D eigenvalue weighted by Crippen LogP contribution is -2.61. The summed E-state index contributed by atoms with van der Waals surface area (Å²) in [4.78, 5) is 48.0. The molecular formula is C30H31F2N7O5. The molecule has 3 N–H and O–H groups in total. The summed E-state index contributed by atoms with van der Waals surface area (Å²) in [5.41, 5.74) is 0.592. The third kappa shape index (κ3) is 5.75. The van der Waals surface area contributed by atoms with E-state index in [0.717, 1.165) is 23.1 Å². The first-order chi connectivity index (χ1) is 21.0. The van der Waals surface area contributed by atoms with E-state index in [1.807, 2.05) is 6.92 Å². The Morgan fingerprint density at radius 3 is 2.52 bits per heavy atom. The van der Waals surface area contributed by atoms with Gasteiger partial charge in [0, 0.05) is 43.7 Å². The zero-order valence-electron chi connectivity index (χ0n) is 24.4. The van der Waals surface area contributed by atoms with Crippen molar-refractivity contribution >= 4 is 46.1 Å². The number of benzene rings is 2. The highest BCUT2D eigenvalue weighted by Gasteiger charge is 2.44. The molecule has 5 rings (SSSR count). The number of urea groups is 1. The first kappa shape index (κ1) is 30.4. The van der Waals surface area contributed by atoms with Crippen molar-refractivity contribution in [1.29, 1.82) is 0 Å². The number of hydrogen-bond acceptors (Lipinski definition) is 8. The van der Waals surface area contributed by atoms with Gasteiger partial charge in [0.05, 0.1) is 18.3 Å². The molecule has 1 aliphatic rings. The minimum atomic E-state index is -1.30. The lowest BCUT2D eigenvalue weighted by molar-refractivity contribution is -0.132. The molecule has 230 valence electrons. The van der Waals surface area contributed by atoms with Crippen LogP contribution >= 0.6 is 0 Å². The number of likely N-dealkylation sites (N-methyl/N-ethyl adjacent to an activating group) is 1. The second kappa shape index (κ2) is 12.2. The van der Waals surface area contributed by atoms with Gasteiger partial charge in [0.15, 0.2) is 23.0 Å². The van der Waals surface area contributed by atoms with Crippen molar-refractivity contribution < 1.29 is 33.0 Å². The van der Waals surface area contributed by atoms with Crippen LogP contribution < -0.4 is 19.9 Å². The molecule has 14 heteroatoms. The number of nitrogens with one attached hydrogen (secondary N) is 2. The highest BCUT2D eigenvalue weighted by molar-refractivity contribution is 6.23. The van der Waals surface area contributed by atoms with Crippen molar-refractivity contribution in [3.8, 4) is 11.5 Å². The third-order valence-corrected chi connectivity index (χ3v) is 7.44. The summed E-state index contributed by atoms with van der Waals surface area (Å²) in [6.45, 7) is 4.99. The average molecular weight is 608 g/mol. The quantitative estimate of drug-likeness (QED) is 0.239. The Morgan fingerprint density at radius 2 is 1.86 bits per heavy atom. The number of hydrogen-bond donors (Lipinski definition) is 3. The van der Waals surface area contributed by atoms with E-state index in [2.05, 4.69) is 20.5 Å². The standard InChI is InChI=1S/C30H31F2N7O5/c1-16(2)38-14-21(29(42)39(30(38)43)20-8-5-18(31)6-9-20)28(41)34-19-7-10-23(22(32)13-19)44-24-11-12-33-26-25(24)27(36-35-26)37(4)17(3)15-40/h5-13,16-17,21,40H,14-15H2,1-4H3,(H,34,41)(H,33,35,36)/t17-,21?/m1/s1. The zero-order chi connectivity index (χ0) is 31.7. The average Bonchev–Trinajstić information content (AvgIpc) is 3.43. The molecule has 2 aromatic carbocycles. The fourth-order valence-electron chi connectivity index (χ4n) is 4.77. The molecule has 4 amide bonds. The fourth-order valence-corrected chi connectivity index (χ4v) is 4.77. The minimum Gasteiger partial charge on any atom is -0.453 e. The van der Waals surface area contributed by atoms with E-state index in [4.69, 9.17) is 4.74 Å². The number of carbonyl (C=O) groups is 3. The maximum Gasteiger partial charge on any atom is 0.331 e. The van der Waals surface area contributed by atoms with Gasteiger partial charge in [-0.05, 0) is 57.2 Å². The van der Waals surface area contributed by atoms with Gasteiger partial charge in [0.2, 0.25) is 11.8 Å². The molecule has 0 radical (unpaired) electrons. The molecule has 1 fully saturated rings. The van der Waals surface area contributed by atoms with Gasteiger partial charge in [-0.2, -0.15) is 5.10 Å². The summed E-state index contributed by atoms with van der Waals surface area (Å²) in [5.74, 6) is -3.60. The van der Waals surface area contributed by atoms with Crippen LogP contribution in [0.15, 0.2) is 54.7 Å². The summed E-state index contributed by atoms with van der Waals surface area (Å²) >= 11 is 0. The lowest BCUT2D eigenvalue weighted by Gasteiger charge is -2.39. The minimum absolute atomic E-state index is 0.0642. The molecule has 0 bridgehead atoms. The van der Waals surface area contributed by atoms with Gasteiger partial charge in [0.25, 0.3) is 0 Å². The number of rotatable bonds is 9. The van der Waals surface area contributed by atoms with E-state index in [-0.39, 0.29) is 48.1 Å². The first-order valence-electron chi connectivity index (χ1n) is 13.8. The second-order valence-electron chi connectivity index (χ2n) is 10.7. The number of aliphatic hydroxyl groups is 1. The Morgan fingerprint density at radius 1 is 1.14 bits per heavy atom. The van der Waals surface area contributed by atoms with Crippen molar-refractivity contribution in [2.24, 2.45) is 5.92 Å².